The van der Waals surface area contributed by atoms with E-state index in [1.165, 1.54) is 80.1 Å². The van der Waals surface area contributed by atoms with Gasteiger partial charge in [0, 0.05) is 38.9 Å². The highest BCUT2D eigenvalue weighted by molar-refractivity contribution is 6.11. The van der Waals surface area contributed by atoms with Crippen LogP contribution in [-0.4, -0.2) is 24.4 Å². The molecule has 12 aromatic rings. The fourth-order valence-electron chi connectivity index (χ4n) is 14.0. The number of benzene rings is 11. The van der Waals surface area contributed by atoms with E-state index < -0.39 is 0 Å². The van der Waals surface area contributed by atoms with Gasteiger partial charge in [-0.25, -0.2) is 0 Å². The molecule has 0 bridgehead atoms. The molecule has 1 aliphatic rings. The first-order chi connectivity index (χ1) is 46.1. The Hall–Kier alpha value is -10.1. The second-order valence-electron chi connectivity index (χ2n) is 26.3. The fourth-order valence-corrected chi connectivity index (χ4v) is 14.0. The molecule has 5 heteroatoms. The number of ether oxygens (including phenoxy) is 3. The summed E-state index contributed by atoms with van der Waals surface area (Å²) in [5.74, 6) is 2.71. The number of unbranched alkanes of at least 4 members (excludes halogenated alkanes) is 8. The summed E-state index contributed by atoms with van der Waals surface area (Å²) in [5, 5.41) is 2.42. The second kappa shape index (κ2) is 28.8. The zero-order valence-electron chi connectivity index (χ0n) is 54.9. The smallest absolute Gasteiger partial charge is 0.119 e. The summed E-state index contributed by atoms with van der Waals surface area (Å²) in [6, 6.07) is 95.8. The molecular formula is C89H86N2O3. The predicted molar refractivity (Wildman–Crippen MR) is 397 cm³/mol. The Labute approximate surface area is 557 Å². The molecule has 1 aromatic heterocycles. The molecule has 0 radical (unpaired) electrons. The number of nitrogens with zero attached hydrogens (tertiary/aromatic N) is 2. The van der Waals surface area contributed by atoms with Gasteiger partial charge in [-0.1, -0.05) is 230 Å². The molecular weight excluding hydrogens is 1140 g/mol. The summed E-state index contributed by atoms with van der Waals surface area (Å²) in [6.07, 6.45) is 15.9. The highest BCUT2D eigenvalue weighted by Gasteiger charge is 2.44. The molecule has 0 aliphatic heterocycles. The fraction of sp³-hybridized carbons (Fsp3) is 0.213. The molecule has 470 valence electrons. The molecule has 1 heterocycles. The van der Waals surface area contributed by atoms with Crippen molar-refractivity contribution in [2.24, 2.45) is 0 Å². The molecule has 13 rings (SSSR count). The lowest BCUT2D eigenvalue weighted by atomic mass is 9.69. The Morgan fingerprint density at radius 1 is 0.383 bits per heavy atom. The molecule has 0 amide bonds. The summed E-state index contributed by atoms with van der Waals surface area (Å²) in [6.45, 7) is 16.7. The van der Waals surface area contributed by atoms with Crippen molar-refractivity contribution in [3.8, 4) is 56.3 Å². The number of aromatic nitrogens is 1. The number of fused-ring (bicyclic) bond motifs is 6. The zero-order chi connectivity index (χ0) is 64.3. The number of hydrogen-bond donors (Lipinski definition) is 0. The molecule has 1 aliphatic carbocycles. The normalized spacial score (nSPS) is 13.4. The average Bonchev–Trinajstić information content (AvgIpc) is 1.55. The van der Waals surface area contributed by atoms with E-state index in [-0.39, 0.29) is 10.8 Å². The molecule has 0 saturated carbocycles. The van der Waals surface area contributed by atoms with Gasteiger partial charge in [0.1, 0.15) is 17.2 Å². The van der Waals surface area contributed by atoms with Gasteiger partial charge >= 0.3 is 0 Å². The Morgan fingerprint density at radius 2 is 0.819 bits per heavy atom. The van der Waals surface area contributed by atoms with Gasteiger partial charge in [-0.2, -0.15) is 0 Å². The van der Waals surface area contributed by atoms with Crippen LogP contribution in [0.1, 0.15) is 125 Å². The van der Waals surface area contributed by atoms with Crippen LogP contribution in [0.3, 0.4) is 0 Å². The Morgan fingerprint density at radius 3 is 1.35 bits per heavy atom. The van der Waals surface area contributed by atoms with Gasteiger partial charge in [0.2, 0.25) is 0 Å². The maximum atomic E-state index is 6.32. The SMILES string of the molecule is C=Cc1ccc(OCCCCCCCCC2(c3ccccc3)c3ccccc3-c3ccc(N(c4ccccc4)c4ccc(-c5ccc6c(c5)c5cc(-c7ccc(C(C)(C)C)cc7)ccc5n6-c5ccc(OCCCCCCOc6ccc(C=C)cc6)cc5)cc4)cc32)cc1. The first kappa shape index (κ1) is 62.7. The van der Waals surface area contributed by atoms with Crippen LogP contribution in [0.25, 0.3) is 73.0 Å². The Bertz CT molecular complexity index is 4500. The van der Waals surface area contributed by atoms with E-state index in [4.69, 9.17) is 14.2 Å². The zero-order valence-corrected chi connectivity index (χ0v) is 54.9. The van der Waals surface area contributed by atoms with Gasteiger partial charge in [0.15, 0.2) is 0 Å². The lowest BCUT2D eigenvalue weighted by Gasteiger charge is -2.34. The third-order valence-electron chi connectivity index (χ3n) is 19.1. The van der Waals surface area contributed by atoms with Crippen molar-refractivity contribution in [2.75, 3.05) is 24.7 Å². The average molecular weight is 1230 g/mol. The van der Waals surface area contributed by atoms with E-state index in [2.05, 4.69) is 268 Å². The summed E-state index contributed by atoms with van der Waals surface area (Å²) >= 11 is 0. The number of anilines is 3. The van der Waals surface area contributed by atoms with E-state index in [9.17, 15) is 0 Å². The minimum atomic E-state index is -0.306. The van der Waals surface area contributed by atoms with Crippen LogP contribution in [0, 0.1) is 0 Å². The standard InChI is InChI=1S/C89H86N2O3/c1-6-65-32-49-77(50-33-65)92-59-23-11-9-8-10-22-58-89(72-26-16-14-17-27-72)84-31-21-20-30-80(84)81-55-48-76(64-85(81)89)90(73-28-18-15-19-29-73)74-44-38-68(39-45-74)70-41-57-87-83(63-70)82-62-69(67-36-42-71(43-37-67)88(3,4)5)40-56-86(82)91(87)75-46-53-79(54-47-75)94-61-25-13-12-24-60-93-78-51-34-66(7-2)35-52-78/h6-7,14-21,26-57,62-64H,1-2,8-13,22-25,58-61H2,3-5H3. The van der Waals surface area contributed by atoms with Crippen molar-refractivity contribution in [3.63, 3.8) is 0 Å². The van der Waals surface area contributed by atoms with Crippen molar-refractivity contribution in [1.29, 1.82) is 0 Å². The number of hydrogen-bond acceptors (Lipinski definition) is 4. The monoisotopic (exact) mass is 1230 g/mol. The van der Waals surface area contributed by atoms with Crippen molar-refractivity contribution in [2.45, 2.75) is 102 Å². The van der Waals surface area contributed by atoms with Crippen LogP contribution in [0.15, 0.2) is 274 Å². The minimum Gasteiger partial charge on any atom is -0.494 e. The van der Waals surface area contributed by atoms with Gasteiger partial charge in [-0.15, -0.1) is 0 Å². The third-order valence-corrected chi connectivity index (χ3v) is 19.1. The van der Waals surface area contributed by atoms with Gasteiger partial charge in [-0.3, -0.25) is 0 Å². The largest absolute Gasteiger partial charge is 0.494 e. The lowest BCUT2D eigenvalue weighted by molar-refractivity contribution is 0.287. The van der Waals surface area contributed by atoms with Crippen LogP contribution in [-0.2, 0) is 10.8 Å². The molecule has 1 unspecified atom stereocenters. The minimum absolute atomic E-state index is 0.0732. The molecule has 0 spiro atoms. The maximum absolute atomic E-state index is 6.32. The van der Waals surface area contributed by atoms with Crippen LogP contribution >= 0.6 is 0 Å². The molecule has 0 N–H and O–H groups in total. The highest BCUT2D eigenvalue weighted by atomic mass is 16.5. The third kappa shape index (κ3) is 13.7. The second-order valence-corrected chi connectivity index (χ2v) is 26.3. The lowest BCUT2D eigenvalue weighted by Crippen LogP contribution is -2.27. The van der Waals surface area contributed by atoms with Gasteiger partial charge in [-0.05, 0) is 220 Å². The molecule has 94 heavy (non-hydrogen) atoms. The quantitative estimate of drug-likeness (QED) is 0.0458. The summed E-state index contributed by atoms with van der Waals surface area (Å²) in [5.41, 5.74) is 21.6. The maximum Gasteiger partial charge on any atom is 0.119 e. The molecule has 0 fully saturated rings. The van der Waals surface area contributed by atoms with Crippen molar-refractivity contribution >= 4 is 51.0 Å². The van der Waals surface area contributed by atoms with Crippen molar-refractivity contribution in [1.82, 2.24) is 4.57 Å². The molecule has 11 aromatic carbocycles. The summed E-state index contributed by atoms with van der Waals surface area (Å²) < 4.78 is 20.8. The van der Waals surface area contributed by atoms with Gasteiger partial charge < -0.3 is 23.7 Å². The Kier molecular flexibility index (Phi) is 19.2. The van der Waals surface area contributed by atoms with Crippen LogP contribution in [0.4, 0.5) is 17.1 Å². The summed E-state index contributed by atoms with van der Waals surface area (Å²) in [4.78, 5) is 2.44. The van der Waals surface area contributed by atoms with E-state index in [0.717, 1.165) is 126 Å². The van der Waals surface area contributed by atoms with E-state index >= 15 is 0 Å². The van der Waals surface area contributed by atoms with Crippen LogP contribution in [0.2, 0.25) is 0 Å². The van der Waals surface area contributed by atoms with Crippen molar-refractivity contribution in [3.05, 3.63) is 307 Å². The summed E-state index contributed by atoms with van der Waals surface area (Å²) in [7, 11) is 0. The van der Waals surface area contributed by atoms with Crippen LogP contribution < -0.4 is 19.1 Å². The molecule has 5 nitrogen and oxygen atoms in total. The van der Waals surface area contributed by atoms with E-state index in [0.29, 0.717) is 13.2 Å². The topological polar surface area (TPSA) is 35.9 Å². The van der Waals surface area contributed by atoms with Gasteiger partial charge in [0.25, 0.3) is 0 Å². The molecule has 1 atom stereocenters. The first-order valence-corrected chi connectivity index (χ1v) is 34.0. The van der Waals surface area contributed by atoms with E-state index in [1.54, 1.807) is 0 Å². The number of para-hydroxylation sites is 1. The Balaban J connectivity index is 0.761. The van der Waals surface area contributed by atoms with E-state index in [1.807, 2.05) is 48.6 Å². The van der Waals surface area contributed by atoms with Crippen LogP contribution in [0.5, 0.6) is 17.2 Å². The van der Waals surface area contributed by atoms with Crippen molar-refractivity contribution < 1.29 is 14.2 Å². The predicted octanol–water partition coefficient (Wildman–Crippen LogP) is 24.3. The molecule has 0 saturated heterocycles. The number of rotatable bonds is 28. The first-order valence-electron chi connectivity index (χ1n) is 34.0. The van der Waals surface area contributed by atoms with Gasteiger partial charge in [0.05, 0.1) is 30.9 Å². The highest BCUT2D eigenvalue weighted by Crippen LogP contribution is 2.56.